The van der Waals surface area contributed by atoms with Crippen molar-refractivity contribution in [2.45, 2.75) is 0 Å². The second kappa shape index (κ2) is 6.25. The van der Waals surface area contributed by atoms with Crippen LogP contribution in [0.15, 0.2) is 42.5 Å². The van der Waals surface area contributed by atoms with Crippen molar-refractivity contribution in [2.24, 2.45) is 0 Å². The third-order valence-electron chi connectivity index (χ3n) is 3.27. The summed E-state index contributed by atoms with van der Waals surface area (Å²) in [6.07, 6.45) is 0. The van der Waals surface area contributed by atoms with Crippen molar-refractivity contribution in [3.05, 3.63) is 63.3 Å². The van der Waals surface area contributed by atoms with E-state index in [-0.39, 0.29) is 16.4 Å². The van der Waals surface area contributed by atoms with Gasteiger partial charge in [-0.15, -0.1) is 11.3 Å². The predicted octanol–water partition coefficient (Wildman–Crippen LogP) is 4.18. The van der Waals surface area contributed by atoms with E-state index in [0.717, 1.165) is 17.4 Å². The molecule has 3 aromatic rings. The van der Waals surface area contributed by atoms with Gasteiger partial charge in [0, 0.05) is 10.1 Å². The summed E-state index contributed by atoms with van der Waals surface area (Å²) in [7, 11) is 1.37. The van der Waals surface area contributed by atoms with Gasteiger partial charge in [-0.2, -0.15) is 0 Å². The van der Waals surface area contributed by atoms with Crippen molar-refractivity contribution in [1.29, 1.82) is 0 Å². The highest BCUT2D eigenvalue weighted by Gasteiger charge is 2.21. The summed E-state index contributed by atoms with van der Waals surface area (Å²) in [6.45, 7) is 0. The van der Waals surface area contributed by atoms with Crippen LogP contribution in [0.1, 0.15) is 9.67 Å². The zero-order chi connectivity index (χ0) is 17.3. The SMILES string of the molecule is COc1ccc(OC(=O)c2cc3c(F)cccc3s2)c([N+](=O)[O-])c1. The predicted molar refractivity (Wildman–Crippen MR) is 86.4 cm³/mol. The molecule has 0 saturated carbocycles. The van der Waals surface area contributed by atoms with Gasteiger partial charge in [0.2, 0.25) is 5.75 Å². The van der Waals surface area contributed by atoms with E-state index in [9.17, 15) is 19.3 Å². The highest BCUT2D eigenvalue weighted by Crippen LogP contribution is 2.33. The molecule has 1 heterocycles. The van der Waals surface area contributed by atoms with Crippen LogP contribution in [-0.4, -0.2) is 18.0 Å². The van der Waals surface area contributed by atoms with E-state index in [1.165, 1.54) is 37.4 Å². The first-order valence-corrected chi connectivity index (χ1v) is 7.54. The molecule has 0 saturated heterocycles. The fraction of sp³-hybridized carbons (Fsp3) is 0.0625. The molecule has 8 heteroatoms. The molecule has 3 rings (SSSR count). The number of nitro benzene ring substituents is 1. The van der Waals surface area contributed by atoms with Gasteiger partial charge in [-0.05, 0) is 30.3 Å². The van der Waals surface area contributed by atoms with Crippen LogP contribution in [0.2, 0.25) is 0 Å². The first-order chi connectivity index (χ1) is 11.5. The minimum Gasteiger partial charge on any atom is -0.496 e. The maximum Gasteiger partial charge on any atom is 0.353 e. The highest BCUT2D eigenvalue weighted by molar-refractivity contribution is 7.20. The average Bonchev–Trinajstić information content (AvgIpc) is 3.01. The van der Waals surface area contributed by atoms with Gasteiger partial charge in [0.05, 0.1) is 18.1 Å². The van der Waals surface area contributed by atoms with Crippen LogP contribution in [0.4, 0.5) is 10.1 Å². The number of fused-ring (bicyclic) bond motifs is 1. The van der Waals surface area contributed by atoms with Crippen LogP contribution in [0.3, 0.4) is 0 Å². The number of nitrogens with zero attached hydrogens (tertiary/aromatic N) is 1. The maximum atomic E-state index is 13.7. The summed E-state index contributed by atoms with van der Waals surface area (Å²) >= 11 is 1.05. The summed E-state index contributed by atoms with van der Waals surface area (Å²) in [6, 6.07) is 9.76. The van der Waals surface area contributed by atoms with Crippen LogP contribution >= 0.6 is 11.3 Å². The first-order valence-electron chi connectivity index (χ1n) is 6.72. The molecular formula is C16H10FNO5S. The number of ether oxygens (including phenoxy) is 2. The molecule has 0 radical (unpaired) electrons. The van der Waals surface area contributed by atoms with E-state index in [1.807, 2.05) is 0 Å². The quantitative estimate of drug-likeness (QED) is 0.306. The lowest BCUT2D eigenvalue weighted by Gasteiger charge is -2.05. The molecule has 0 aliphatic rings. The van der Waals surface area contributed by atoms with E-state index in [1.54, 1.807) is 6.07 Å². The van der Waals surface area contributed by atoms with Crippen molar-refractivity contribution < 1.29 is 23.6 Å². The number of carbonyl (C=O) groups is 1. The van der Waals surface area contributed by atoms with Gasteiger partial charge >= 0.3 is 11.7 Å². The number of carbonyl (C=O) groups excluding carboxylic acids is 1. The minimum atomic E-state index is -0.788. The molecule has 2 aromatic carbocycles. The Morgan fingerprint density at radius 2 is 2.04 bits per heavy atom. The largest absolute Gasteiger partial charge is 0.496 e. The van der Waals surface area contributed by atoms with Gasteiger partial charge in [0.1, 0.15) is 16.4 Å². The average molecular weight is 347 g/mol. The number of nitro groups is 1. The molecule has 0 fully saturated rings. The van der Waals surface area contributed by atoms with E-state index in [2.05, 4.69) is 0 Å². The molecule has 0 aliphatic carbocycles. The third kappa shape index (κ3) is 2.91. The van der Waals surface area contributed by atoms with E-state index in [4.69, 9.17) is 9.47 Å². The Balaban J connectivity index is 1.94. The van der Waals surface area contributed by atoms with Crippen LogP contribution < -0.4 is 9.47 Å². The van der Waals surface area contributed by atoms with E-state index < -0.39 is 22.4 Å². The molecule has 122 valence electrons. The molecule has 0 spiro atoms. The van der Waals surface area contributed by atoms with E-state index in [0.29, 0.717) is 10.1 Å². The van der Waals surface area contributed by atoms with Crippen molar-refractivity contribution in [1.82, 2.24) is 0 Å². The van der Waals surface area contributed by atoms with Gasteiger partial charge in [0.15, 0.2) is 0 Å². The van der Waals surface area contributed by atoms with E-state index >= 15 is 0 Å². The van der Waals surface area contributed by atoms with Crippen molar-refractivity contribution in [3.8, 4) is 11.5 Å². The highest BCUT2D eigenvalue weighted by atomic mass is 32.1. The Hall–Kier alpha value is -3.00. The minimum absolute atomic E-state index is 0.153. The van der Waals surface area contributed by atoms with Crippen molar-refractivity contribution in [2.75, 3.05) is 7.11 Å². The summed E-state index contributed by atoms with van der Waals surface area (Å²) in [5.41, 5.74) is -0.394. The number of halogens is 1. The molecule has 0 N–H and O–H groups in total. The molecule has 6 nitrogen and oxygen atoms in total. The standard InChI is InChI=1S/C16H10FNO5S/c1-22-9-5-6-13(12(7-9)18(20)21)23-16(19)15-8-10-11(17)3-2-4-14(10)24-15/h2-8H,1H3. The summed E-state index contributed by atoms with van der Waals surface area (Å²) < 4.78 is 24.3. The molecule has 0 unspecified atom stereocenters. The van der Waals surface area contributed by atoms with Crippen molar-refractivity contribution in [3.63, 3.8) is 0 Å². The number of esters is 1. The van der Waals surface area contributed by atoms with Crippen LogP contribution in [0.5, 0.6) is 11.5 Å². The van der Waals surface area contributed by atoms with Gasteiger partial charge < -0.3 is 9.47 Å². The maximum absolute atomic E-state index is 13.7. The molecule has 1 aromatic heterocycles. The topological polar surface area (TPSA) is 78.7 Å². The number of thiophene rings is 1. The lowest BCUT2D eigenvalue weighted by atomic mass is 10.2. The number of hydrogen-bond donors (Lipinski definition) is 0. The number of methoxy groups -OCH3 is 1. The Kier molecular flexibility index (Phi) is 4.13. The molecule has 0 bridgehead atoms. The molecule has 0 atom stereocenters. The lowest BCUT2D eigenvalue weighted by molar-refractivity contribution is -0.385. The third-order valence-corrected chi connectivity index (χ3v) is 4.36. The Bertz CT molecular complexity index is 953. The fourth-order valence-corrected chi connectivity index (χ4v) is 3.08. The Morgan fingerprint density at radius 3 is 2.71 bits per heavy atom. The fourth-order valence-electron chi connectivity index (χ4n) is 2.13. The van der Waals surface area contributed by atoms with Gasteiger partial charge in [0.25, 0.3) is 0 Å². The Labute approximate surface area is 139 Å². The van der Waals surface area contributed by atoms with Crippen LogP contribution in [-0.2, 0) is 0 Å². The summed E-state index contributed by atoms with van der Waals surface area (Å²) in [4.78, 5) is 22.8. The van der Waals surface area contributed by atoms with Gasteiger partial charge in [-0.3, -0.25) is 10.1 Å². The van der Waals surface area contributed by atoms with Crippen LogP contribution in [0, 0.1) is 15.9 Å². The summed E-state index contributed by atoms with van der Waals surface area (Å²) in [5.74, 6) is -1.17. The van der Waals surface area contributed by atoms with Crippen LogP contribution in [0.25, 0.3) is 10.1 Å². The lowest BCUT2D eigenvalue weighted by Crippen LogP contribution is -2.08. The zero-order valence-electron chi connectivity index (χ0n) is 12.3. The van der Waals surface area contributed by atoms with Crippen molar-refractivity contribution >= 4 is 33.1 Å². The second-order valence-electron chi connectivity index (χ2n) is 4.74. The molecule has 0 amide bonds. The summed E-state index contributed by atoms with van der Waals surface area (Å²) in [5, 5.41) is 11.4. The number of rotatable bonds is 4. The molecular weight excluding hydrogens is 337 g/mol. The zero-order valence-corrected chi connectivity index (χ0v) is 13.1. The number of hydrogen-bond acceptors (Lipinski definition) is 6. The monoisotopic (exact) mass is 347 g/mol. The normalized spacial score (nSPS) is 10.6. The molecule has 0 aliphatic heterocycles. The van der Waals surface area contributed by atoms with Gasteiger partial charge in [-0.25, -0.2) is 9.18 Å². The second-order valence-corrected chi connectivity index (χ2v) is 5.83. The first kappa shape index (κ1) is 15.9. The number of benzene rings is 2. The Morgan fingerprint density at radius 1 is 1.25 bits per heavy atom. The van der Waals surface area contributed by atoms with Gasteiger partial charge in [-0.1, -0.05) is 6.07 Å². The molecule has 24 heavy (non-hydrogen) atoms. The smallest absolute Gasteiger partial charge is 0.353 e.